The molecule has 1 fully saturated rings. The van der Waals surface area contributed by atoms with Crippen LogP contribution in [0.5, 0.6) is 0 Å². The van der Waals surface area contributed by atoms with E-state index in [1.807, 2.05) is 12.1 Å². The van der Waals surface area contributed by atoms with Gasteiger partial charge in [0, 0.05) is 23.1 Å². The molecule has 1 unspecified atom stereocenters. The Kier molecular flexibility index (Phi) is 2.96. The van der Waals surface area contributed by atoms with Gasteiger partial charge in [-0.3, -0.25) is 4.79 Å². The quantitative estimate of drug-likeness (QED) is 0.918. The van der Waals surface area contributed by atoms with E-state index in [2.05, 4.69) is 29.8 Å². The smallest absolute Gasteiger partial charge is 0.144 e. The largest absolute Gasteiger partial charge is 0.316 e. The van der Waals surface area contributed by atoms with Crippen LogP contribution >= 0.6 is 11.3 Å². The molecule has 0 bridgehead atoms. The van der Waals surface area contributed by atoms with Crippen LogP contribution in [0.2, 0.25) is 0 Å². The summed E-state index contributed by atoms with van der Waals surface area (Å²) in [5, 5.41) is 6.67. The summed E-state index contributed by atoms with van der Waals surface area (Å²) in [5.41, 5.74) is 1.02. The summed E-state index contributed by atoms with van der Waals surface area (Å²) in [6.07, 6.45) is 1.54. The van der Waals surface area contributed by atoms with Crippen molar-refractivity contribution < 1.29 is 4.79 Å². The molecule has 0 radical (unpaired) electrons. The number of Topliss-reactive ketones (excluding diaryl/α,β-unsaturated/α-hetero) is 1. The lowest BCUT2D eigenvalue weighted by molar-refractivity contribution is -0.126. The van der Waals surface area contributed by atoms with E-state index in [0.717, 1.165) is 19.5 Å². The first-order valence-corrected chi connectivity index (χ1v) is 7.26. The first kappa shape index (κ1) is 11.9. The van der Waals surface area contributed by atoms with Crippen molar-refractivity contribution >= 4 is 27.2 Å². The second kappa shape index (κ2) is 4.48. The normalized spacial score (nSPS) is 23.6. The van der Waals surface area contributed by atoms with Crippen LogP contribution in [-0.2, 0) is 11.2 Å². The topological polar surface area (TPSA) is 29.1 Å². The summed E-state index contributed by atoms with van der Waals surface area (Å²) in [5.74, 6) is 0.371. The van der Waals surface area contributed by atoms with Gasteiger partial charge in [-0.25, -0.2) is 0 Å². The monoisotopic (exact) mass is 259 g/mol. The average molecular weight is 259 g/mol. The van der Waals surface area contributed by atoms with Crippen molar-refractivity contribution in [1.29, 1.82) is 0 Å². The molecule has 3 heteroatoms. The molecule has 0 spiro atoms. The molecule has 1 aliphatic heterocycles. The minimum absolute atomic E-state index is 0.164. The zero-order valence-corrected chi connectivity index (χ0v) is 11.3. The second-order valence-electron chi connectivity index (χ2n) is 5.34. The molecule has 2 heterocycles. The van der Waals surface area contributed by atoms with Gasteiger partial charge in [-0.1, -0.05) is 25.1 Å². The fourth-order valence-electron chi connectivity index (χ4n) is 2.61. The molecule has 1 atom stereocenters. The number of hydrogen-bond donors (Lipinski definition) is 1. The van der Waals surface area contributed by atoms with E-state index in [1.54, 1.807) is 11.3 Å². The third-order valence-corrected chi connectivity index (χ3v) is 4.97. The Balaban J connectivity index is 1.86. The zero-order valence-electron chi connectivity index (χ0n) is 10.5. The van der Waals surface area contributed by atoms with E-state index >= 15 is 0 Å². The Hall–Kier alpha value is -1.19. The summed E-state index contributed by atoms with van der Waals surface area (Å²) >= 11 is 1.73. The van der Waals surface area contributed by atoms with Crippen LogP contribution in [0, 0.1) is 5.41 Å². The predicted octanol–water partition coefficient (Wildman–Crippen LogP) is 3.01. The third-order valence-electron chi connectivity index (χ3n) is 3.95. The molecule has 18 heavy (non-hydrogen) atoms. The van der Waals surface area contributed by atoms with E-state index in [4.69, 9.17) is 0 Å². The number of benzene rings is 1. The lowest BCUT2D eigenvalue weighted by Crippen LogP contribution is -2.31. The van der Waals surface area contributed by atoms with Gasteiger partial charge < -0.3 is 5.32 Å². The number of fused-ring (bicyclic) bond motifs is 1. The number of nitrogens with one attached hydrogen (secondary N) is 1. The molecule has 1 aromatic heterocycles. The molecule has 94 valence electrons. The molecule has 2 nitrogen and oxygen atoms in total. The lowest BCUT2D eigenvalue weighted by atomic mass is 9.82. The van der Waals surface area contributed by atoms with Crippen LogP contribution in [0.25, 0.3) is 10.1 Å². The number of rotatable bonds is 3. The fourth-order valence-corrected chi connectivity index (χ4v) is 3.57. The third kappa shape index (κ3) is 1.98. The highest BCUT2D eigenvalue weighted by Gasteiger charge is 2.35. The molecule has 1 aliphatic rings. The van der Waals surface area contributed by atoms with Crippen molar-refractivity contribution in [3.8, 4) is 0 Å². The Morgan fingerprint density at radius 3 is 3.06 bits per heavy atom. The molecule has 2 aromatic rings. The van der Waals surface area contributed by atoms with Crippen LogP contribution in [0.15, 0.2) is 29.6 Å². The molecule has 0 aliphatic carbocycles. The maximum Gasteiger partial charge on any atom is 0.144 e. The average Bonchev–Trinajstić information content (AvgIpc) is 2.98. The van der Waals surface area contributed by atoms with Gasteiger partial charge in [-0.05, 0) is 35.4 Å². The Morgan fingerprint density at radius 2 is 2.28 bits per heavy atom. The summed E-state index contributed by atoms with van der Waals surface area (Å²) in [6.45, 7) is 3.88. The summed E-state index contributed by atoms with van der Waals surface area (Å²) in [7, 11) is 0. The second-order valence-corrected chi connectivity index (χ2v) is 6.26. The number of carbonyl (C=O) groups is 1. The molecule has 0 amide bonds. The van der Waals surface area contributed by atoms with Crippen molar-refractivity contribution in [2.45, 2.75) is 19.8 Å². The maximum absolute atomic E-state index is 12.4. The summed E-state index contributed by atoms with van der Waals surface area (Å²) in [6, 6.07) is 8.32. The molecule has 1 saturated heterocycles. The van der Waals surface area contributed by atoms with Crippen molar-refractivity contribution in [3.63, 3.8) is 0 Å². The van der Waals surface area contributed by atoms with Crippen molar-refractivity contribution in [3.05, 3.63) is 35.2 Å². The SMILES string of the molecule is CC1(C(=O)Cc2csc3ccccc23)CCNC1. The van der Waals surface area contributed by atoms with E-state index in [-0.39, 0.29) is 5.41 Å². The van der Waals surface area contributed by atoms with Gasteiger partial charge in [0.15, 0.2) is 0 Å². The van der Waals surface area contributed by atoms with E-state index in [0.29, 0.717) is 12.2 Å². The zero-order chi connectivity index (χ0) is 12.6. The highest BCUT2D eigenvalue weighted by Crippen LogP contribution is 2.31. The number of ketones is 1. The minimum Gasteiger partial charge on any atom is -0.316 e. The molecule has 1 aromatic carbocycles. The van der Waals surface area contributed by atoms with Gasteiger partial charge in [0.1, 0.15) is 5.78 Å². The maximum atomic E-state index is 12.4. The molecular weight excluding hydrogens is 242 g/mol. The molecule has 3 rings (SSSR count). The van der Waals surface area contributed by atoms with Gasteiger partial charge in [-0.2, -0.15) is 0 Å². The van der Waals surface area contributed by atoms with E-state index in [1.165, 1.54) is 15.6 Å². The van der Waals surface area contributed by atoms with Crippen molar-refractivity contribution in [1.82, 2.24) is 5.32 Å². The highest BCUT2D eigenvalue weighted by molar-refractivity contribution is 7.17. The van der Waals surface area contributed by atoms with E-state index < -0.39 is 0 Å². The van der Waals surface area contributed by atoms with Crippen molar-refractivity contribution in [2.75, 3.05) is 13.1 Å². The number of carbonyl (C=O) groups excluding carboxylic acids is 1. The predicted molar refractivity (Wildman–Crippen MR) is 76.1 cm³/mol. The lowest BCUT2D eigenvalue weighted by Gasteiger charge is -2.20. The van der Waals surface area contributed by atoms with Gasteiger partial charge in [-0.15, -0.1) is 11.3 Å². The Bertz CT molecular complexity index is 581. The summed E-state index contributed by atoms with van der Waals surface area (Å²) in [4.78, 5) is 12.4. The van der Waals surface area contributed by atoms with Crippen LogP contribution in [0.4, 0.5) is 0 Å². The standard InChI is InChI=1S/C15H17NOS/c1-15(6-7-16-10-15)14(17)8-11-9-18-13-5-3-2-4-12(11)13/h2-5,9,16H,6-8,10H2,1H3. The van der Waals surface area contributed by atoms with Gasteiger partial charge in [0.2, 0.25) is 0 Å². The summed E-state index contributed by atoms with van der Waals surface area (Å²) < 4.78 is 1.27. The minimum atomic E-state index is -0.164. The molecule has 1 N–H and O–H groups in total. The molecular formula is C15H17NOS. The van der Waals surface area contributed by atoms with Crippen LogP contribution in [-0.4, -0.2) is 18.9 Å². The van der Waals surface area contributed by atoms with E-state index in [9.17, 15) is 4.79 Å². The molecule has 0 saturated carbocycles. The Labute approximate surface area is 111 Å². The van der Waals surface area contributed by atoms with Crippen LogP contribution in [0.1, 0.15) is 18.9 Å². The van der Waals surface area contributed by atoms with Gasteiger partial charge in [0.25, 0.3) is 0 Å². The first-order valence-electron chi connectivity index (χ1n) is 6.38. The van der Waals surface area contributed by atoms with Gasteiger partial charge >= 0.3 is 0 Å². The Morgan fingerprint density at radius 1 is 1.44 bits per heavy atom. The van der Waals surface area contributed by atoms with Crippen LogP contribution < -0.4 is 5.32 Å². The van der Waals surface area contributed by atoms with Crippen molar-refractivity contribution in [2.24, 2.45) is 5.41 Å². The van der Waals surface area contributed by atoms with Crippen LogP contribution in [0.3, 0.4) is 0 Å². The highest BCUT2D eigenvalue weighted by atomic mass is 32.1. The number of hydrogen-bond acceptors (Lipinski definition) is 3. The fraction of sp³-hybridized carbons (Fsp3) is 0.400. The van der Waals surface area contributed by atoms with Gasteiger partial charge in [0.05, 0.1) is 0 Å². The first-order chi connectivity index (χ1) is 8.69. The number of thiophene rings is 1.